The van der Waals surface area contributed by atoms with Gasteiger partial charge < -0.3 is 24.7 Å². The molecule has 1 fully saturated rings. The van der Waals surface area contributed by atoms with E-state index in [1.807, 2.05) is 12.1 Å². The molecule has 0 radical (unpaired) electrons. The van der Waals surface area contributed by atoms with Gasteiger partial charge in [0.2, 0.25) is 0 Å². The molecule has 23 heavy (non-hydrogen) atoms. The van der Waals surface area contributed by atoms with Crippen molar-refractivity contribution in [3.8, 4) is 0 Å². The normalized spacial score (nSPS) is 17.4. The number of ether oxygens (including phenoxy) is 1. The zero-order valence-corrected chi connectivity index (χ0v) is 14.4. The zero-order valence-electron chi connectivity index (χ0n) is 14.4. The molecule has 0 spiro atoms. The lowest BCUT2D eigenvalue weighted by Crippen LogP contribution is -2.49. The lowest BCUT2D eigenvalue weighted by Gasteiger charge is -2.32. The molecule has 2 N–H and O–H groups in total. The number of aliphatic imine (C=N–C) groups is 1. The van der Waals surface area contributed by atoms with Crippen molar-refractivity contribution in [3.63, 3.8) is 0 Å². The van der Waals surface area contributed by atoms with E-state index in [0.717, 1.165) is 70.3 Å². The molecule has 0 unspecified atom stereocenters. The smallest absolute Gasteiger partial charge is 0.191 e. The predicted octanol–water partition coefficient (Wildman–Crippen LogP) is 1.49. The molecule has 1 saturated heterocycles. The topological polar surface area (TPSA) is 62.0 Å². The number of nitrogens with one attached hydrogen (secondary N) is 2. The number of guanidine groups is 1. The number of hydrogen-bond acceptors (Lipinski definition) is 4. The van der Waals surface area contributed by atoms with Crippen LogP contribution in [0.1, 0.15) is 25.5 Å². The van der Waals surface area contributed by atoms with Crippen LogP contribution in [0, 0.1) is 0 Å². The Bertz CT molecular complexity index is 439. The Hall–Kier alpha value is -1.53. The highest BCUT2D eigenvalue weighted by Gasteiger charge is 2.19. The Labute approximate surface area is 139 Å². The standard InChI is InChI=1S/C17H30N4O2/c1-3-18-17(19-9-6-16-5-4-13-23-16)20-15-7-10-21(11-8-15)12-14-22-2/h4-5,13,15H,3,6-12,14H2,1-2H3,(H2,18,19,20). The van der Waals surface area contributed by atoms with Crippen LogP contribution in [0.5, 0.6) is 0 Å². The monoisotopic (exact) mass is 322 g/mol. The summed E-state index contributed by atoms with van der Waals surface area (Å²) < 4.78 is 10.5. The Balaban J connectivity index is 1.73. The maximum Gasteiger partial charge on any atom is 0.191 e. The van der Waals surface area contributed by atoms with Crippen molar-refractivity contribution in [3.05, 3.63) is 24.2 Å². The number of likely N-dealkylation sites (tertiary alicyclic amines) is 1. The fraction of sp³-hybridized carbons (Fsp3) is 0.706. The summed E-state index contributed by atoms with van der Waals surface area (Å²) in [6.07, 6.45) is 4.83. The molecule has 1 aliphatic heterocycles. The number of furan rings is 1. The van der Waals surface area contributed by atoms with Crippen molar-refractivity contribution in [2.45, 2.75) is 32.2 Å². The minimum absolute atomic E-state index is 0.496. The maximum atomic E-state index is 5.34. The van der Waals surface area contributed by atoms with Gasteiger partial charge >= 0.3 is 0 Å². The molecule has 0 amide bonds. The van der Waals surface area contributed by atoms with Crippen LogP contribution in [-0.2, 0) is 11.2 Å². The second-order valence-electron chi connectivity index (χ2n) is 5.84. The number of piperidine rings is 1. The molecule has 1 aromatic heterocycles. The first-order chi connectivity index (χ1) is 11.3. The summed E-state index contributed by atoms with van der Waals surface area (Å²) in [7, 11) is 1.76. The van der Waals surface area contributed by atoms with E-state index in [2.05, 4.69) is 27.4 Å². The Morgan fingerprint density at radius 2 is 2.26 bits per heavy atom. The molecule has 2 rings (SSSR count). The molecule has 130 valence electrons. The third-order valence-corrected chi connectivity index (χ3v) is 4.09. The van der Waals surface area contributed by atoms with E-state index in [1.165, 1.54) is 0 Å². The molecule has 0 atom stereocenters. The van der Waals surface area contributed by atoms with Gasteiger partial charge in [0.05, 0.1) is 12.9 Å². The van der Waals surface area contributed by atoms with Crippen molar-refractivity contribution >= 4 is 5.96 Å². The minimum atomic E-state index is 0.496. The Morgan fingerprint density at radius 1 is 1.43 bits per heavy atom. The lowest BCUT2D eigenvalue weighted by molar-refractivity contribution is 0.128. The van der Waals surface area contributed by atoms with E-state index in [9.17, 15) is 0 Å². The van der Waals surface area contributed by atoms with Gasteiger partial charge in [-0.25, -0.2) is 0 Å². The Kier molecular flexibility index (Phi) is 7.97. The molecule has 2 heterocycles. The van der Waals surface area contributed by atoms with Gasteiger partial charge in [-0.1, -0.05) is 0 Å². The van der Waals surface area contributed by atoms with Crippen LogP contribution in [0.15, 0.2) is 27.8 Å². The maximum absolute atomic E-state index is 5.34. The van der Waals surface area contributed by atoms with E-state index < -0.39 is 0 Å². The average molecular weight is 322 g/mol. The summed E-state index contributed by atoms with van der Waals surface area (Å²) in [5, 5.41) is 6.89. The lowest BCUT2D eigenvalue weighted by atomic mass is 10.1. The average Bonchev–Trinajstić information content (AvgIpc) is 3.08. The molecule has 0 aliphatic carbocycles. The third-order valence-electron chi connectivity index (χ3n) is 4.09. The largest absolute Gasteiger partial charge is 0.469 e. The SMILES string of the molecule is CCNC(=NCCc1ccco1)NC1CCN(CCOC)CC1. The van der Waals surface area contributed by atoms with Gasteiger partial charge in [0.1, 0.15) is 5.76 Å². The summed E-state index contributed by atoms with van der Waals surface area (Å²) in [5.74, 6) is 1.89. The van der Waals surface area contributed by atoms with Gasteiger partial charge in [0.15, 0.2) is 5.96 Å². The summed E-state index contributed by atoms with van der Waals surface area (Å²) in [6.45, 7) is 7.78. The number of methoxy groups -OCH3 is 1. The first-order valence-corrected chi connectivity index (χ1v) is 8.60. The molecular weight excluding hydrogens is 292 g/mol. The van der Waals surface area contributed by atoms with Gasteiger partial charge in [0, 0.05) is 52.3 Å². The van der Waals surface area contributed by atoms with Crippen LogP contribution in [-0.4, -0.2) is 63.3 Å². The fourth-order valence-corrected chi connectivity index (χ4v) is 2.77. The predicted molar refractivity (Wildman–Crippen MR) is 92.9 cm³/mol. The van der Waals surface area contributed by atoms with Crippen LogP contribution in [0.2, 0.25) is 0 Å². The van der Waals surface area contributed by atoms with Gasteiger partial charge in [-0.05, 0) is 31.9 Å². The molecule has 0 aromatic carbocycles. The van der Waals surface area contributed by atoms with E-state index in [0.29, 0.717) is 6.04 Å². The number of rotatable bonds is 8. The summed E-state index contributed by atoms with van der Waals surface area (Å²) in [6, 6.07) is 4.40. The van der Waals surface area contributed by atoms with E-state index in [-0.39, 0.29) is 0 Å². The highest BCUT2D eigenvalue weighted by atomic mass is 16.5. The van der Waals surface area contributed by atoms with Crippen molar-refractivity contribution in [2.24, 2.45) is 4.99 Å². The molecule has 6 heteroatoms. The molecule has 1 aromatic rings. The van der Waals surface area contributed by atoms with E-state index >= 15 is 0 Å². The van der Waals surface area contributed by atoms with E-state index in [1.54, 1.807) is 13.4 Å². The zero-order chi connectivity index (χ0) is 16.3. The third kappa shape index (κ3) is 6.62. The quantitative estimate of drug-likeness (QED) is 0.561. The second kappa shape index (κ2) is 10.3. The van der Waals surface area contributed by atoms with Crippen LogP contribution >= 0.6 is 0 Å². The van der Waals surface area contributed by atoms with E-state index in [4.69, 9.17) is 9.15 Å². The second-order valence-corrected chi connectivity index (χ2v) is 5.84. The minimum Gasteiger partial charge on any atom is -0.469 e. The van der Waals surface area contributed by atoms with Gasteiger partial charge in [-0.15, -0.1) is 0 Å². The van der Waals surface area contributed by atoms with Crippen LogP contribution < -0.4 is 10.6 Å². The van der Waals surface area contributed by atoms with Crippen LogP contribution in [0.4, 0.5) is 0 Å². The van der Waals surface area contributed by atoms with Gasteiger partial charge in [-0.3, -0.25) is 4.99 Å². The van der Waals surface area contributed by atoms with Crippen molar-refractivity contribution < 1.29 is 9.15 Å². The highest BCUT2D eigenvalue weighted by Crippen LogP contribution is 2.10. The summed E-state index contributed by atoms with van der Waals surface area (Å²) in [5.41, 5.74) is 0. The molecule has 6 nitrogen and oxygen atoms in total. The fourth-order valence-electron chi connectivity index (χ4n) is 2.77. The molecular formula is C17H30N4O2. The molecule has 1 aliphatic rings. The van der Waals surface area contributed by atoms with Crippen LogP contribution in [0.3, 0.4) is 0 Å². The van der Waals surface area contributed by atoms with Crippen molar-refractivity contribution in [1.29, 1.82) is 0 Å². The summed E-state index contributed by atoms with van der Waals surface area (Å²) in [4.78, 5) is 7.11. The Morgan fingerprint density at radius 3 is 2.91 bits per heavy atom. The first kappa shape index (κ1) is 17.8. The van der Waals surface area contributed by atoms with Gasteiger partial charge in [-0.2, -0.15) is 0 Å². The highest BCUT2D eigenvalue weighted by molar-refractivity contribution is 5.80. The first-order valence-electron chi connectivity index (χ1n) is 8.60. The van der Waals surface area contributed by atoms with Crippen molar-refractivity contribution in [1.82, 2.24) is 15.5 Å². The molecule has 0 bridgehead atoms. The van der Waals surface area contributed by atoms with Crippen molar-refractivity contribution in [2.75, 3.05) is 46.4 Å². The number of hydrogen-bond donors (Lipinski definition) is 2. The summed E-state index contributed by atoms with van der Waals surface area (Å²) >= 11 is 0. The number of nitrogens with zero attached hydrogens (tertiary/aromatic N) is 2. The van der Waals surface area contributed by atoms with Crippen LogP contribution in [0.25, 0.3) is 0 Å². The van der Waals surface area contributed by atoms with Gasteiger partial charge in [0.25, 0.3) is 0 Å². The molecule has 0 saturated carbocycles.